The second-order valence-corrected chi connectivity index (χ2v) is 7.53. The monoisotopic (exact) mass is 437 g/mol. The Morgan fingerprint density at radius 3 is 2.35 bits per heavy atom. The van der Waals surface area contributed by atoms with Crippen LogP contribution in [0.15, 0.2) is 78.9 Å². The first-order valence-electron chi connectivity index (χ1n) is 9.40. The summed E-state index contributed by atoms with van der Waals surface area (Å²) in [6.07, 6.45) is 0. The van der Waals surface area contributed by atoms with Crippen molar-refractivity contribution >= 4 is 26.4 Å². The van der Waals surface area contributed by atoms with Gasteiger partial charge in [-0.25, -0.2) is 0 Å². The van der Waals surface area contributed by atoms with Crippen molar-refractivity contribution in [1.29, 1.82) is 0 Å². The lowest BCUT2D eigenvalue weighted by Gasteiger charge is -2.13. The number of hydrogen-bond acceptors (Lipinski definition) is 5. The van der Waals surface area contributed by atoms with E-state index in [1.54, 1.807) is 36.4 Å². The Balaban J connectivity index is 1.53. The molecule has 0 spiro atoms. The van der Waals surface area contributed by atoms with E-state index in [9.17, 15) is 13.6 Å². The maximum atomic E-state index is 13.4. The summed E-state index contributed by atoms with van der Waals surface area (Å²) in [4.78, 5) is 13.6. The topological polar surface area (TPSA) is 72.7 Å². The first-order chi connectivity index (χ1) is 14.9. The van der Waals surface area contributed by atoms with Crippen molar-refractivity contribution in [3.05, 3.63) is 90.0 Å². The number of halogens is 2. The molecule has 1 unspecified atom stereocenters. The summed E-state index contributed by atoms with van der Waals surface area (Å²) in [6, 6.07) is 22.1. The third kappa shape index (κ3) is 4.98. The van der Waals surface area contributed by atoms with Crippen LogP contribution in [-0.4, -0.2) is 26.0 Å². The summed E-state index contributed by atoms with van der Waals surface area (Å²) >= 11 is 0. The Labute approximate surface area is 179 Å². The van der Waals surface area contributed by atoms with Crippen LogP contribution in [0.4, 0.5) is 20.2 Å². The molecule has 0 saturated carbocycles. The number of tetrazole rings is 1. The van der Waals surface area contributed by atoms with Gasteiger partial charge in [0.1, 0.15) is 6.54 Å². The molecule has 156 valence electrons. The zero-order chi connectivity index (χ0) is 21.8. The molecular weight excluding hydrogens is 419 g/mol. The number of aromatic nitrogens is 4. The van der Waals surface area contributed by atoms with E-state index < -0.39 is 5.66 Å². The van der Waals surface area contributed by atoms with Gasteiger partial charge in [0, 0.05) is 28.1 Å². The fraction of sp³-hybridized carbons (Fsp3) is 0.0909. The molecule has 1 N–H and O–H groups in total. The number of ketones is 1. The van der Waals surface area contributed by atoms with E-state index in [-0.39, 0.29) is 17.9 Å². The van der Waals surface area contributed by atoms with E-state index in [1.807, 2.05) is 30.3 Å². The lowest BCUT2D eigenvalue weighted by molar-refractivity contribution is 0.0961. The Morgan fingerprint density at radius 2 is 1.65 bits per heavy atom. The Kier molecular flexibility index (Phi) is 5.82. The molecule has 0 aliphatic carbocycles. The number of hydrogen-bond donors (Lipinski definition) is 1. The van der Waals surface area contributed by atoms with Gasteiger partial charge < -0.3 is 5.32 Å². The fourth-order valence-electron chi connectivity index (χ4n) is 2.98. The lowest BCUT2D eigenvalue weighted by atomic mass is 10.1. The molecule has 1 atom stereocenters. The molecule has 6 nitrogen and oxygen atoms in total. The molecule has 0 radical (unpaired) electrons. The van der Waals surface area contributed by atoms with Gasteiger partial charge in [0.05, 0.1) is 0 Å². The van der Waals surface area contributed by atoms with Crippen molar-refractivity contribution in [3.63, 3.8) is 0 Å². The Hall–Kier alpha value is -3.51. The molecule has 1 heterocycles. The molecule has 0 fully saturated rings. The largest absolute Gasteiger partial charge is 0.355 e. The highest BCUT2D eigenvalue weighted by molar-refractivity contribution is 7.17. The van der Waals surface area contributed by atoms with Crippen LogP contribution in [0.1, 0.15) is 15.9 Å². The first kappa shape index (κ1) is 20.8. The molecule has 9 heteroatoms. The predicted molar refractivity (Wildman–Crippen MR) is 117 cm³/mol. The third-order valence-corrected chi connectivity index (χ3v) is 4.88. The quantitative estimate of drug-likeness (QED) is 0.329. The summed E-state index contributed by atoms with van der Waals surface area (Å²) < 4.78 is 26.8. The van der Waals surface area contributed by atoms with Crippen LogP contribution in [0.5, 0.6) is 0 Å². The number of rotatable bonds is 7. The van der Waals surface area contributed by atoms with Gasteiger partial charge in [-0.1, -0.05) is 63.8 Å². The Morgan fingerprint density at radius 1 is 0.968 bits per heavy atom. The van der Waals surface area contributed by atoms with Crippen molar-refractivity contribution in [2.45, 2.75) is 12.2 Å². The van der Waals surface area contributed by atoms with Crippen molar-refractivity contribution in [1.82, 2.24) is 20.2 Å². The minimum Gasteiger partial charge on any atom is -0.355 e. The maximum absolute atomic E-state index is 13.4. The van der Waals surface area contributed by atoms with Gasteiger partial charge in [-0.05, 0) is 29.5 Å². The van der Waals surface area contributed by atoms with Crippen LogP contribution >= 0.6 is 9.24 Å². The zero-order valence-electron chi connectivity index (χ0n) is 16.2. The van der Waals surface area contributed by atoms with E-state index in [2.05, 4.69) is 20.7 Å². The van der Waals surface area contributed by atoms with Crippen molar-refractivity contribution in [2.24, 2.45) is 0 Å². The predicted octanol–water partition coefficient (Wildman–Crippen LogP) is 4.89. The summed E-state index contributed by atoms with van der Waals surface area (Å²) in [6.45, 7) is -0.0304. The van der Waals surface area contributed by atoms with Crippen LogP contribution in [0, 0.1) is 0 Å². The van der Waals surface area contributed by atoms with Crippen molar-refractivity contribution < 1.29 is 13.6 Å². The molecule has 0 aliphatic heterocycles. The van der Waals surface area contributed by atoms with Crippen LogP contribution in [0.2, 0.25) is 0 Å². The van der Waals surface area contributed by atoms with Crippen molar-refractivity contribution in [2.75, 3.05) is 5.32 Å². The van der Waals surface area contributed by atoms with Crippen LogP contribution in [-0.2, 0) is 12.2 Å². The summed E-state index contributed by atoms with van der Waals surface area (Å²) in [7, 11) is 1.52. The molecule has 4 aromatic rings. The van der Waals surface area contributed by atoms with E-state index in [0.29, 0.717) is 28.3 Å². The molecule has 3 aromatic carbocycles. The molecule has 0 bridgehead atoms. The molecule has 0 amide bonds. The van der Waals surface area contributed by atoms with Crippen LogP contribution in [0.3, 0.4) is 0 Å². The third-order valence-electron chi connectivity index (χ3n) is 4.55. The first-order valence-corrected chi connectivity index (χ1v) is 9.97. The smallest absolute Gasteiger partial charge is 0.283 e. The highest BCUT2D eigenvalue weighted by Crippen LogP contribution is 2.35. The number of carbonyl (C=O) groups excluding carboxylic acids is 1. The van der Waals surface area contributed by atoms with Gasteiger partial charge in [0.15, 0.2) is 5.78 Å². The molecule has 0 aliphatic rings. The average Bonchev–Trinajstić information content (AvgIpc) is 3.23. The standard InChI is InChI=1S/C22H18F2N5OP/c23-22(24,31)16-10-12-17(13-11-16)25-19-9-5-4-8-18(19)21-26-28-29(27-21)14-20(30)15-6-2-1-3-7-15/h1-13,25H,14,31H2. The number of nitrogens with one attached hydrogen (secondary N) is 1. The van der Waals surface area contributed by atoms with Gasteiger partial charge in [0.25, 0.3) is 5.66 Å². The SMILES string of the molecule is O=C(Cn1nnc(-c2ccccc2Nc2ccc(C(F)(F)P)cc2)n1)c1ccccc1. The van der Waals surface area contributed by atoms with Gasteiger partial charge in [-0.2, -0.15) is 13.6 Å². The lowest BCUT2D eigenvalue weighted by Crippen LogP contribution is -2.13. The summed E-state index contributed by atoms with van der Waals surface area (Å²) in [5.74, 6) is 0.221. The van der Waals surface area contributed by atoms with Crippen LogP contribution < -0.4 is 5.32 Å². The van der Waals surface area contributed by atoms with Crippen molar-refractivity contribution in [3.8, 4) is 11.4 Å². The number of nitrogens with zero attached hydrogens (tertiary/aromatic N) is 4. The maximum Gasteiger partial charge on any atom is 0.283 e. The van der Waals surface area contributed by atoms with E-state index in [1.165, 1.54) is 26.2 Å². The minimum absolute atomic E-state index is 0.0304. The number of benzene rings is 3. The second-order valence-electron chi connectivity index (χ2n) is 6.80. The average molecular weight is 437 g/mol. The molecule has 31 heavy (non-hydrogen) atoms. The van der Waals surface area contributed by atoms with E-state index in [0.717, 1.165) is 0 Å². The Bertz CT molecular complexity index is 1190. The van der Waals surface area contributed by atoms with E-state index in [4.69, 9.17) is 0 Å². The molecule has 1 aromatic heterocycles. The number of alkyl halides is 2. The number of Topliss-reactive ketones (excluding diaryl/α,β-unsaturated/α-hetero) is 1. The highest BCUT2D eigenvalue weighted by atomic mass is 31.0. The number of para-hydroxylation sites is 1. The highest BCUT2D eigenvalue weighted by Gasteiger charge is 2.24. The molecular formula is C22H18F2N5OP. The summed E-state index contributed by atoms with van der Waals surface area (Å²) in [5.41, 5.74) is -0.511. The van der Waals surface area contributed by atoms with Gasteiger partial charge in [-0.15, -0.1) is 10.2 Å². The van der Waals surface area contributed by atoms with Gasteiger partial charge in [-0.3, -0.25) is 4.79 Å². The molecule has 0 saturated heterocycles. The molecule has 4 rings (SSSR count). The number of carbonyl (C=O) groups is 1. The second kappa shape index (κ2) is 8.70. The van der Waals surface area contributed by atoms with Gasteiger partial charge in [0.2, 0.25) is 5.82 Å². The minimum atomic E-state index is -2.98. The fourth-order valence-corrected chi connectivity index (χ4v) is 3.17. The normalized spacial score (nSPS) is 11.3. The van der Waals surface area contributed by atoms with E-state index >= 15 is 0 Å². The zero-order valence-corrected chi connectivity index (χ0v) is 17.4. The summed E-state index contributed by atoms with van der Waals surface area (Å²) in [5, 5.41) is 15.6. The number of anilines is 2. The van der Waals surface area contributed by atoms with Crippen LogP contribution in [0.25, 0.3) is 11.4 Å². The van der Waals surface area contributed by atoms with Gasteiger partial charge >= 0.3 is 0 Å².